The molecule has 3 aliphatic rings. The molecule has 3 N–H and O–H groups in total. The molecule has 0 amide bonds. The van der Waals surface area contributed by atoms with Crippen LogP contribution in [0, 0.1) is 15.3 Å². The van der Waals surface area contributed by atoms with Crippen molar-refractivity contribution in [3.8, 4) is 11.4 Å². The molecule has 2 aromatic heterocycles. The van der Waals surface area contributed by atoms with E-state index in [-0.39, 0.29) is 17.4 Å². The lowest BCUT2D eigenvalue weighted by Gasteiger charge is -2.45. The van der Waals surface area contributed by atoms with Gasteiger partial charge in [0.25, 0.3) is 5.56 Å². The Labute approximate surface area is 191 Å². The second kappa shape index (κ2) is 7.30. The zero-order valence-electron chi connectivity index (χ0n) is 16.7. The summed E-state index contributed by atoms with van der Waals surface area (Å²) in [5, 5.41) is 4.51. The number of H-pyrrole nitrogens is 2. The predicted octanol–water partition coefficient (Wildman–Crippen LogP) is 4.32. The van der Waals surface area contributed by atoms with Gasteiger partial charge in [0.05, 0.1) is 22.2 Å². The molecule has 0 spiro atoms. The first-order valence-corrected chi connectivity index (χ1v) is 11.6. The zero-order valence-corrected chi connectivity index (χ0v) is 18.9. The van der Waals surface area contributed by atoms with Gasteiger partial charge in [0.2, 0.25) is 0 Å². The van der Waals surface area contributed by atoms with E-state index in [1.165, 1.54) is 6.07 Å². The van der Waals surface area contributed by atoms with Crippen molar-refractivity contribution >= 4 is 50.2 Å². The summed E-state index contributed by atoms with van der Waals surface area (Å²) >= 11 is 2.00. The molecular formula is C23H21FIN5O. The Hall–Kier alpha value is -2.46. The van der Waals surface area contributed by atoms with Crippen LogP contribution in [0.1, 0.15) is 12.8 Å². The number of fused-ring (bicyclic) bond motifs is 5. The molecule has 7 rings (SSSR count). The Morgan fingerprint density at radius 3 is 2.68 bits per heavy atom. The largest absolute Gasteiger partial charge is 0.379 e. The van der Waals surface area contributed by atoms with Gasteiger partial charge in [-0.1, -0.05) is 12.1 Å². The molecular weight excluding hydrogens is 508 g/mol. The number of rotatable bonds is 3. The minimum Gasteiger partial charge on any atom is -0.379 e. The normalized spacial score (nSPS) is 23.0. The summed E-state index contributed by atoms with van der Waals surface area (Å²) in [4.78, 5) is 26.6. The van der Waals surface area contributed by atoms with Crippen molar-refractivity contribution in [1.29, 1.82) is 0 Å². The SMILES string of the molecule is O=c1[nH]c2cc(F)c(I)cc2c(N[C@@H]2CN3CCC2CC3)c1-c1nc2ccccc2[nH]1. The lowest BCUT2D eigenvalue weighted by molar-refractivity contribution is 0.0976. The van der Waals surface area contributed by atoms with Gasteiger partial charge >= 0.3 is 0 Å². The molecule has 0 saturated carbocycles. The number of imidazole rings is 1. The molecule has 3 saturated heterocycles. The van der Waals surface area contributed by atoms with Crippen LogP contribution in [0.4, 0.5) is 10.1 Å². The van der Waals surface area contributed by atoms with Crippen molar-refractivity contribution in [2.45, 2.75) is 18.9 Å². The van der Waals surface area contributed by atoms with E-state index in [2.05, 4.69) is 20.2 Å². The van der Waals surface area contributed by atoms with Crippen LogP contribution in [0.3, 0.4) is 0 Å². The predicted molar refractivity (Wildman–Crippen MR) is 129 cm³/mol. The Bertz CT molecular complexity index is 1340. The van der Waals surface area contributed by atoms with Crippen molar-refractivity contribution in [2.75, 3.05) is 25.0 Å². The van der Waals surface area contributed by atoms with E-state index in [1.54, 1.807) is 6.07 Å². The van der Waals surface area contributed by atoms with Gasteiger partial charge in [-0.05, 0) is 78.7 Å². The van der Waals surface area contributed by atoms with Crippen molar-refractivity contribution in [3.05, 3.63) is 56.1 Å². The number of aromatic amines is 2. The van der Waals surface area contributed by atoms with Crippen molar-refractivity contribution in [3.63, 3.8) is 0 Å². The third-order valence-corrected chi connectivity index (χ3v) is 7.49. The smallest absolute Gasteiger partial charge is 0.261 e. The van der Waals surface area contributed by atoms with Crippen LogP contribution in [-0.4, -0.2) is 45.5 Å². The molecule has 6 nitrogen and oxygen atoms in total. The summed E-state index contributed by atoms with van der Waals surface area (Å²) in [5.41, 5.74) is 3.10. The fourth-order valence-electron chi connectivity index (χ4n) is 5.05. The monoisotopic (exact) mass is 529 g/mol. The highest BCUT2D eigenvalue weighted by Crippen LogP contribution is 2.36. The number of para-hydroxylation sites is 2. The van der Waals surface area contributed by atoms with Crippen LogP contribution in [0.25, 0.3) is 33.3 Å². The first-order chi connectivity index (χ1) is 15.1. The van der Waals surface area contributed by atoms with E-state index in [4.69, 9.17) is 4.98 Å². The lowest BCUT2D eigenvalue weighted by atomic mass is 9.83. The number of halogens is 2. The fourth-order valence-corrected chi connectivity index (χ4v) is 5.52. The Kier molecular flexibility index (Phi) is 4.53. The maximum Gasteiger partial charge on any atom is 0.261 e. The van der Waals surface area contributed by atoms with Gasteiger partial charge in [-0.15, -0.1) is 0 Å². The highest BCUT2D eigenvalue weighted by molar-refractivity contribution is 14.1. The third-order valence-electron chi connectivity index (χ3n) is 6.67. The van der Waals surface area contributed by atoms with Gasteiger partial charge in [-0.3, -0.25) is 4.79 Å². The standard InChI is InChI=1S/C23H21FIN5O/c24-14-10-18-13(9-15(14)25)21(26-19-11-30-7-5-12(19)6-8-30)20(23(31)29-18)22-27-16-3-1-2-4-17(16)28-22/h1-4,9-10,12,19H,5-8,11H2,(H,27,28)(H2,26,29,31)/t19-/m1/s1. The molecule has 3 fully saturated rings. The van der Waals surface area contributed by atoms with Crippen LogP contribution >= 0.6 is 22.6 Å². The molecule has 158 valence electrons. The summed E-state index contributed by atoms with van der Waals surface area (Å²) in [7, 11) is 0. The van der Waals surface area contributed by atoms with E-state index < -0.39 is 0 Å². The molecule has 0 aliphatic carbocycles. The number of aromatic nitrogens is 3. The zero-order chi connectivity index (χ0) is 21.1. The number of nitrogens with zero attached hydrogens (tertiary/aromatic N) is 2. The summed E-state index contributed by atoms with van der Waals surface area (Å²) in [5.74, 6) is 0.754. The number of pyridine rings is 1. The maximum atomic E-state index is 14.3. The topological polar surface area (TPSA) is 76.8 Å². The van der Waals surface area contributed by atoms with E-state index >= 15 is 0 Å². The van der Waals surface area contributed by atoms with E-state index in [9.17, 15) is 9.18 Å². The lowest BCUT2D eigenvalue weighted by Crippen LogP contribution is -2.53. The summed E-state index contributed by atoms with van der Waals surface area (Å²) < 4.78 is 14.8. The van der Waals surface area contributed by atoms with E-state index in [0.717, 1.165) is 54.6 Å². The second-order valence-corrected chi connectivity index (χ2v) is 9.67. The van der Waals surface area contributed by atoms with Crippen molar-refractivity contribution in [2.24, 2.45) is 5.92 Å². The fraction of sp³-hybridized carbons (Fsp3) is 0.304. The Morgan fingerprint density at radius 1 is 1.13 bits per heavy atom. The Balaban J connectivity index is 1.58. The van der Waals surface area contributed by atoms with E-state index in [0.29, 0.717) is 26.4 Å². The van der Waals surface area contributed by atoms with Gasteiger partial charge in [-0.25, -0.2) is 9.37 Å². The van der Waals surface area contributed by atoms with Crippen LogP contribution in [0.15, 0.2) is 41.2 Å². The average Bonchev–Trinajstić information content (AvgIpc) is 3.20. The molecule has 3 aliphatic heterocycles. The molecule has 31 heavy (non-hydrogen) atoms. The number of piperidine rings is 3. The quantitative estimate of drug-likeness (QED) is 0.346. The Morgan fingerprint density at radius 2 is 1.94 bits per heavy atom. The molecule has 8 heteroatoms. The van der Waals surface area contributed by atoms with Gasteiger partial charge in [-0.2, -0.15) is 0 Å². The van der Waals surface area contributed by atoms with Gasteiger partial charge in [0.1, 0.15) is 17.2 Å². The van der Waals surface area contributed by atoms with Gasteiger partial charge < -0.3 is 20.2 Å². The minimum atomic E-state index is -0.339. The number of anilines is 1. The number of hydrogen-bond acceptors (Lipinski definition) is 4. The number of hydrogen-bond donors (Lipinski definition) is 3. The molecule has 1 atom stereocenters. The number of nitrogens with one attached hydrogen (secondary N) is 3. The average molecular weight is 529 g/mol. The second-order valence-electron chi connectivity index (χ2n) is 8.51. The summed E-state index contributed by atoms with van der Waals surface area (Å²) in [6.07, 6.45) is 2.32. The van der Waals surface area contributed by atoms with Crippen LogP contribution in [0.2, 0.25) is 0 Å². The van der Waals surface area contributed by atoms with Crippen LogP contribution in [0.5, 0.6) is 0 Å². The van der Waals surface area contributed by atoms with Gasteiger partial charge in [0.15, 0.2) is 0 Å². The van der Waals surface area contributed by atoms with Crippen molar-refractivity contribution in [1.82, 2.24) is 19.9 Å². The molecule has 2 bridgehead atoms. The first-order valence-electron chi connectivity index (χ1n) is 10.6. The number of benzene rings is 2. The molecule has 2 aromatic carbocycles. The third kappa shape index (κ3) is 3.23. The minimum absolute atomic E-state index is 0.248. The van der Waals surface area contributed by atoms with Crippen LogP contribution < -0.4 is 10.9 Å². The molecule has 4 aromatic rings. The summed E-state index contributed by atoms with van der Waals surface area (Å²) in [6, 6.07) is 11.2. The molecule has 0 unspecified atom stereocenters. The van der Waals surface area contributed by atoms with Gasteiger partial charge in [0, 0.05) is 21.5 Å². The van der Waals surface area contributed by atoms with E-state index in [1.807, 2.05) is 46.9 Å². The van der Waals surface area contributed by atoms with Crippen LogP contribution in [-0.2, 0) is 0 Å². The highest BCUT2D eigenvalue weighted by Gasteiger charge is 2.35. The first kappa shape index (κ1) is 19.2. The molecule has 5 heterocycles. The highest BCUT2D eigenvalue weighted by atomic mass is 127. The molecule has 0 radical (unpaired) electrons. The van der Waals surface area contributed by atoms with Crippen molar-refractivity contribution < 1.29 is 4.39 Å². The maximum absolute atomic E-state index is 14.3. The summed E-state index contributed by atoms with van der Waals surface area (Å²) in [6.45, 7) is 3.23.